The van der Waals surface area contributed by atoms with E-state index in [2.05, 4.69) is 56.3 Å². The molecule has 20 heavy (non-hydrogen) atoms. The van der Waals surface area contributed by atoms with Gasteiger partial charge in [-0.15, -0.1) is 39.7 Å². The van der Waals surface area contributed by atoms with Gasteiger partial charge in [0.1, 0.15) is 0 Å². The second-order valence-corrected chi connectivity index (χ2v) is 4.69. The molecule has 0 nitrogen and oxygen atoms in total. The molecule has 0 N–H and O–H groups in total. The van der Waals surface area contributed by atoms with E-state index >= 15 is 0 Å². The van der Waals surface area contributed by atoms with Gasteiger partial charge in [0.25, 0.3) is 0 Å². The van der Waals surface area contributed by atoms with Gasteiger partial charge in [-0.25, -0.2) is 0 Å². The van der Waals surface area contributed by atoms with Gasteiger partial charge in [0.15, 0.2) is 0 Å². The summed E-state index contributed by atoms with van der Waals surface area (Å²) < 4.78 is 0. The Kier molecular flexibility index (Phi) is 8.18. The van der Waals surface area contributed by atoms with E-state index in [-0.39, 0.29) is 51.0 Å². The van der Waals surface area contributed by atoms with Crippen LogP contribution in [0.15, 0.2) is 42.5 Å². The van der Waals surface area contributed by atoms with Crippen LogP contribution in [0, 0.1) is 0 Å². The molecule has 0 heterocycles. The van der Waals surface area contributed by atoms with E-state index in [1.807, 2.05) is 0 Å². The Hall–Kier alpha value is -0.227. The molecular formula is C17H17Cl2Zr. The molecule has 0 aliphatic carbocycles. The summed E-state index contributed by atoms with van der Waals surface area (Å²) in [5.41, 5.74) is 2.84. The third kappa shape index (κ3) is 3.50. The Balaban J connectivity index is 0.00000120. The van der Waals surface area contributed by atoms with Gasteiger partial charge in [-0.3, -0.25) is 0 Å². The standard InChI is InChI=1S/C17H17.2ClH.Zr/c1-3-12-5-7-16-14(9-12)11-15-10-13(4-2)6-8-17(15)16;;;/h5-11H,3-4H2,1-2H3;2*1H;/q-1;;;+3/p-2. The predicted molar refractivity (Wildman–Crippen MR) is 75.8 cm³/mol. The first-order valence-corrected chi connectivity index (χ1v) is 6.42. The van der Waals surface area contributed by atoms with E-state index in [1.54, 1.807) is 0 Å². The third-order valence-electron chi connectivity index (χ3n) is 3.65. The van der Waals surface area contributed by atoms with E-state index < -0.39 is 0 Å². The number of rotatable bonds is 2. The SMILES string of the molecule is CCc1ccc2c(c1)[cH-]c1cc(CC)ccc12.[Cl-].[Cl-].[Zr+3]. The molecule has 3 rings (SSSR count). The van der Waals surface area contributed by atoms with Gasteiger partial charge in [0, 0.05) is 0 Å². The van der Waals surface area contributed by atoms with Crippen LogP contribution in [0.2, 0.25) is 0 Å². The van der Waals surface area contributed by atoms with Gasteiger partial charge in [0.2, 0.25) is 0 Å². The van der Waals surface area contributed by atoms with E-state index in [0.29, 0.717) is 0 Å². The summed E-state index contributed by atoms with van der Waals surface area (Å²) >= 11 is 0. The zero-order valence-electron chi connectivity index (χ0n) is 11.7. The summed E-state index contributed by atoms with van der Waals surface area (Å²) in [7, 11) is 0. The van der Waals surface area contributed by atoms with Crippen molar-refractivity contribution in [3.63, 3.8) is 0 Å². The summed E-state index contributed by atoms with van der Waals surface area (Å²) in [5.74, 6) is 0. The van der Waals surface area contributed by atoms with Gasteiger partial charge < -0.3 is 24.8 Å². The molecule has 3 heteroatoms. The van der Waals surface area contributed by atoms with E-state index in [9.17, 15) is 0 Å². The molecule has 0 aliphatic rings. The summed E-state index contributed by atoms with van der Waals surface area (Å²) in [6.07, 6.45) is 2.22. The molecule has 103 valence electrons. The Morgan fingerprint density at radius 3 is 1.50 bits per heavy atom. The monoisotopic (exact) mass is 381 g/mol. The number of hydrogen-bond acceptors (Lipinski definition) is 0. The van der Waals surface area contributed by atoms with Crippen molar-refractivity contribution < 1.29 is 51.0 Å². The van der Waals surface area contributed by atoms with Crippen molar-refractivity contribution in [3.8, 4) is 0 Å². The number of benzene rings is 2. The molecule has 0 amide bonds. The Morgan fingerprint density at radius 1 is 0.750 bits per heavy atom. The first kappa shape index (κ1) is 19.8. The van der Waals surface area contributed by atoms with Crippen molar-refractivity contribution in [1.82, 2.24) is 0 Å². The van der Waals surface area contributed by atoms with E-state index in [4.69, 9.17) is 0 Å². The predicted octanol–water partition coefficient (Wildman–Crippen LogP) is -1.16. The van der Waals surface area contributed by atoms with Gasteiger partial charge in [0.05, 0.1) is 0 Å². The van der Waals surface area contributed by atoms with Crippen molar-refractivity contribution >= 4 is 21.5 Å². The summed E-state index contributed by atoms with van der Waals surface area (Å²) in [5, 5.41) is 5.54. The third-order valence-corrected chi connectivity index (χ3v) is 3.65. The van der Waals surface area contributed by atoms with Crippen LogP contribution in [-0.4, -0.2) is 0 Å². The van der Waals surface area contributed by atoms with Crippen LogP contribution in [0.5, 0.6) is 0 Å². The second-order valence-electron chi connectivity index (χ2n) is 4.69. The fourth-order valence-corrected chi connectivity index (χ4v) is 2.56. The molecule has 0 spiro atoms. The molecule has 0 fully saturated rings. The van der Waals surface area contributed by atoms with Crippen molar-refractivity contribution in [2.75, 3.05) is 0 Å². The van der Waals surface area contributed by atoms with Gasteiger partial charge in [-0.2, -0.15) is 0 Å². The Labute approximate surface area is 152 Å². The van der Waals surface area contributed by atoms with E-state index in [0.717, 1.165) is 12.8 Å². The van der Waals surface area contributed by atoms with Crippen LogP contribution in [-0.2, 0) is 39.0 Å². The fourth-order valence-electron chi connectivity index (χ4n) is 2.56. The van der Waals surface area contributed by atoms with Crippen LogP contribution in [0.4, 0.5) is 0 Å². The minimum atomic E-state index is 0. The molecule has 0 aliphatic heterocycles. The van der Waals surface area contributed by atoms with Crippen molar-refractivity contribution in [3.05, 3.63) is 53.6 Å². The Morgan fingerprint density at radius 2 is 1.15 bits per heavy atom. The maximum absolute atomic E-state index is 2.32. The van der Waals surface area contributed by atoms with Gasteiger partial charge in [-0.05, 0) is 12.8 Å². The topological polar surface area (TPSA) is 0 Å². The van der Waals surface area contributed by atoms with Crippen LogP contribution in [0.1, 0.15) is 25.0 Å². The van der Waals surface area contributed by atoms with Crippen LogP contribution in [0.3, 0.4) is 0 Å². The number of hydrogen-bond donors (Lipinski definition) is 0. The Bertz CT molecular complexity index is 628. The van der Waals surface area contributed by atoms with Crippen molar-refractivity contribution in [2.45, 2.75) is 26.7 Å². The van der Waals surface area contributed by atoms with E-state index in [1.165, 1.54) is 32.7 Å². The van der Waals surface area contributed by atoms with Gasteiger partial charge >= 0.3 is 26.2 Å². The molecular weight excluding hydrogens is 366 g/mol. The van der Waals surface area contributed by atoms with Gasteiger partial charge in [-0.1, -0.05) is 49.2 Å². The maximum Gasteiger partial charge on any atom is 3.00 e. The summed E-state index contributed by atoms with van der Waals surface area (Å²) in [6, 6.07) is 16.0. The average Bonchev–Trinajstić information content (AvgIpc) is 2.74. The largest absolute Gasteiger partial charge is 3.00 e. The molecule has 3 aromatic carbocycles. The second kappa shape index (κ2) is 8.27. The zero-order valence-corrected chi connectivity index (χ0v) is 15.7. The maximum atomic E-state index is 2.32. The molecule has 0 aromatic heterocycles. The first-order chi connectivity index (χ1) is 8.31. The molecule has 0 atom stereocenters. The fraction of sp³-hybridized carbons (Fsp3) is 0.235. The number of aryl methyl sites for hydroxylation is 2. The summed E-state index contributed by atoms with van der Waals surface area (Å²) in [6.45, 7) is 4.41. The molecule has 0 unspecified atom stereocenters. The normalized spacial score (nSPS) is 9.70. The quantitative estimate of drug-likeness (QED) is 0.490. The van der Waals surface area contributed by atoms with Crippen LogP contribution in [0.25, 0.3) is 21.5 Å². The molecule has 3 aromatic rings. The summed E-state index contributed by atoms with van der Waals surface area (Å²) in [4.78, 5) is 0. The smallest absolute Gasteiger partial charge is 1.00 e. The molecule has 0 saturated heterocycles. The molecule has 0 saturated carbocycles. The van der Waals surface area contributed by atoms with Crippen LogP contribution >= 0.6 is 0 Å². The minimum absolute atomic E-state index is 0. The average molecular weight is 383 g/mol. The first-order valence-electron chi connectivity index (χ1n) is 6.42. The molecule has 1 radical (unpaired) electrons. The molecule has 0 bridgehead atoms. The van der Waals surface area contributed by atoms with Crippen molar-refractivity contribution in [2.24, 2.45) is 0 Å². The van der Waals surface area contributed by atoms with Crippen molar-refractivity contribution in [1.29, 1.82) is 0 Å². The minimum Gasteiger partial charge on any atom is -1.00 e. The zero-order chi connectivity index (χ0) is 11.8. The number of fused-ring (bicyclic) bond motifs is 3. The van der Waals surface area contributed by atoms with Crippen LogP contribution < -0.4 is 24.8 Å². The number of halogens is 2.